The molecule has 0 fully saturated rings. The summed E-state index contributed by atoms with van der Waals surface area (Å²) in [6.07, 6.45) is 0.633. The highest BCUT2D eigenvalue weighted by molar-refractivity contribution is 7.17. The van der Waals surface area contributed by atoms with E-state index in [-0.39, 0.29) is 18.0 Å². The molecule has 0 saturated carbocycles. The van der Waals surface area contributed by atoms with E-state index in [1.54, 1.807) is 35.7 Å². The number of anilines is 2. The Balaban J connectivity index is 1.90. The zero-order chi connectivity index (χ0) is 20.3. The number of rotatable bonds is 6. The van der Waals surface area contributed by atoms with Crippen molar-refractivity contribution in [3.63, 3.8) is 0 Å². The van der Waals surface area contributed by atoms with Gasteiger partial charge in [-0.2, -0.15) is 0 Å². The van der Waals surface area contributed by atoms with Crippen LogP contribution < -0.4 is 21.9 Å². The molecule has 0 aliphatic rings. The first kappa shape index (κ1) is 19.6. The topological polar surface area (TPSA) is 102 Å². The van der Waals surface area contributed by atoms with Gasteiger partial charge in [-0.3, -0.25) is 23.5 Å². The lowest BCUT2D eigenvalue weighted by Gasteiger charge is -2.12. The summed E-state index contributed by atoms with van der Waals surface area (Å²) in [7, 11) is 0. The Morgan fingerprint density at radius 1 is 1.07 bits per heavy atom. The van der Waals surface area contributed by atoms with Crippen molar-refractivity contribution in [3.05, 3.63) is 56.5 Å². The smallest absolute Gasteiger partial charge is 0.326 e. The van der Waals surface area contributed by atoms with E-state index in [0.29, 0.717) is 34.6 Å². The van der Waals surface area contributed by atoms with Crippen molar-refractivity contribution in [2.45, 2.75) is 33.4 Å². The van der Waals surface area contributed by atoms with Gasteiger partial charge in [0.2, 0.25) is 11.8 Å². The van der Waals surface area contributed by atoms with Crippen LogP contribution in [0, 0.1) is 0 Å². The number of amides is 2. The highest BCUT2D eigenvalue weighted by Crippen LogP contribution is 2.17. The predicted molar refractivity (Wildman–Crippen MR) is 110 cm³/mol. The van der Waals surface area contributed by atoms with Gasteiger partial charge in [-0.05, 0) is 36.1 Å². The van der Waals surface area contributed by atoms with Gasteiger partial charge in [-0.25, -0.2) is 4.79 Å². The lowest BCUT2D eigenvalue weighted by atomic mass is 10.2. The van der Waals surface area contributed by atoms with Gasteiger partial charge >= 0.3 is 5.69 Å². The summed E-state index contributed by atoms with van der Waals surface area (Å²) in [4.78, 5) is 49.0. The summed E-state index contributed by atoms with van der Waals surface area (Å²) in [6.45, 7) is 3.35. The highest BCUT2D eigenvalue weighted by atomic mass is 32.1. The Morgan fingerprint density at radius 3 is 2.46 bits per heavy atom. The van der Waals surface area contributed by atoms with Crippen LogP contribution in [0.1, 0.15) is 20.3 Å². The first-order valence-electron chi connectivity index (χ1n) is 8.79. The van der Waals surface area contributed by atoms with Crippen LogP contribution in [-0.4, -0.2) is 20.9 Å². The van der Waals surface area contributed by atoms with Crippen LogP contribution in [0.4, 0.5) is 11.4 Å². The monoisotopic (exact) mass is 400 g/mol. The quantitative estimate of drug-likeness (QED) is 0.662. The van der Waals surface area contributed by atoms with Crippen LogP contribution in [-0.2, 0) is 22.7 Å². The van der Waals surface area contributed by atoms with E-state index in [4.69, 9.17) is 0 Å². The molecule has 2 N–H and O–H groups in total. The molecular weight excluding hydrogens is 380 g/mol. The van der Waals surface area contributed by atoms with Crippen LogP contribution in [0.15, 0.2) is 45.3 Å². The summed E-state index contributed by atoms with van der Waals surface area (Å²) in [6, 6.07) is 8.39. The van der Waals surface area contributed by atoms with Crippen molar-refractivity contribution in [2.75, 3.05) is 10.6 Å². The van der Waals surface area contributed by atoms with E-state index in [0.717, 1.165) is 0 Å². The maximum atomic E-state index is 12.8. The molecule has 2 aromatic heterocycles. The maximum Gasteiger partial charge on any atom is 0.332 e. The summed E-state index contributed by atoms with van der Waals surface area (Å²) in [5.41, 5.74) is 0.679. The minimum absolute atomic E-state index is 0.215. The minimum Gasteiger partial charge on any atom is -0.326 e. The average Bonchev–Trinajstić information content (AvgIpc) is 3.12. The maximum absolute atomic E-state index is 12.8. The molecule has 0 aliphatic heterocycles. The van der Waals surface area contributed by atoms with E-state index in [1.165, 1.54) is 27.4 Å². The van der Waals surface area contributed by atoms with Gasteiger partial charge in [-0.15, -0.1) is 11.3 Å². The molecule has 0 spiro atoms. The Labute approximate surface area is 164 Å². The summed E-state index contributed by atoms with van der Waals surface area (Å²) in [5.74, 6) is -0.621. The molecule has 0 saturated heterocycles. The number of nitrogens with zero attached hydrogens (tertiary/aromatic N) is 2. The Morgan fingerprint density at radius 2 is 1.79 bits per heavy atom. The molecular formula is C19H20N4O4S. The van der Waals surface area contributed by atoms with Crippen LogP contribution in [0.3, 0.4) is 0 Å². The Hall–Kier alpha value is -3.20. The molecule has 0 unspecified atom stereocenters. The second kappa shape index (κ2) is 8.22. The third-order valence-corrected chi connectivity index (χ3v) is 4.94. The molecule has 0 radical (unpaired) electrons. The Bertz CT molecular complexity index is 1160. The van der Waals surface area contributed by atoms with Gasteiger partial charge in [0.25, 0.3) is 5.56 Å². The number of hydrogen-bond acceptors (Lipinski definition) is 5. The number of fused-ring (bicyclic) bond motifs is 1. The molecule has 0 atom stereocenters. The van der Waals surface area contributed by atoms with Crippen molar-refractivity contribution < 1.29 is 9.59 Å². The van der Waals surface area contributed by atoms with Crippen LogP contribution in [0.5, 0.6) is 0 Å². The second-order valence-electron chi connectivity index (χ2n) is 6.27. The molecule has 3 aromatic rings. The summed E-state index contributed by atoms with van der Waals surface area (Å²) in [5, 5.41) is 7.09. The third-order valence-electron chi connectivity index (χ3n) is 4.05. The normalized spacial score (nSPS) is 10.8. The highest BCUT2D eigenvalue weighted by Gasteiger charge is 2.16. The van der Waals surface area contributed by atoms with Gasteiger partial charge in [0.15, 0.2) is 0 Å². The first-order valence-corrected chi connectivity index (χ1v) is 9.67. The molecule has 2 heterocycles. The van der Waals surface area contributed by atoms with E-state index in [2.05, 4.69) is 10.6 Å². The number of aromatic nitrogens is 2. The number of nitrogens with one attached hydrogen (secondary N) is 2. The molecule has 0 bridgehead atoms. The second-order valence-corrected chi connectivity index (χ2v) is 7.19. The number of carbonyl (C=O) groups excluding carboxylic acids is 2. The number of carbonyl (C=O) groups is 2. The van der Waals surface area contributed by atoms with Crippen molar-refractivity contribution >= 4 is 44.7 Å². The van der Waals surface area contributed by atoms with E-state index >= 15 is 0 Å². The number of thiophene rings is 1. The molecule has 0 aliphatic carbocycles. The molecule has 3 rings (SSSR count). The minimum atomic E-state index is -0.500. The summed E-state index contributed by atoms with van der Waals surface area (Å²) >= 11 is 1.25. The SMILES string of the molecule is CCCn1c(=O)c2sccc2n(CC(=O)Nc2cccc(NC(C)=O)c2)c1=O. The number of hydrogen-bond donors (Lipinski definition) is 2. The third kappa shape index (κ3) is 4.04. The van der Waals surface area contributed by atoms with Crippen molar-refractivity contribution in [2.24, 2.45) is 0 Å². The zero-order valence-electron chi connectivity index (χ0n) is 15.5. The lowest BCUT2D eigenvalue weighted by molar-refractivity contribution is -0.117. The van der Waals surface area contributed by atoms with Crippen LogP contribution in [0.25, 0.3) is 10.2 Å². The van der Waals surface area contributed by atoms with E-state index in [1.807, 2.05) is 6.92 Å². The van der Waals surface area contributed by atoms with Gasteiger partial charge < -0.3 is 10.6 Å². The fraction of sp³-hybridized carbons (Fsp3) is 0.263. The van der Waals surface area contributed by atoms with E-state index < -0.39 is 11.6 Å². The average molecular weight is 400 g/mol. The fourth-order valence-electron chi connectivity index (χ4n) is 2.93. The van der Waals surface area contributed by atoms with Gasteiger partial charge in [-0.1, -0.05) is 13.0 Å². The van der Waals surface area contributed by atoms with Crippen molar-refractivity contribution in [1.82, 2.24) is 9.13 Å². The van der Waals surface area contributed by atoms with E-state index in [9.17, 15) is 19.2 Å². The van der Waals surface area contributed by atoms with Crippen molar-refractivity contribution in [1.29, 1.82) is 0 Å². The molecule has 28 heavy (non-hydrogen) atoms. The molecule has 2 amide bonds. The summed E-state index contributed by atoms with van der Waals surface area (Å²) < 4.78 is 2.94. The number of benzene rings is 1. The lowest BCUT2D eigenvalue weighted by Crippen LogP contribution is -2.41. The first-order chi connectivity index (χ1) is 13.4. The van der Waals surface area contributed by atoms with Gasteiger partial charge in [0.05, 0.1) is 5.52 Å². The molecule has 9 heteroatoms. The Kier molecular flexibility index (Phi) is 5.74. The van der Waals surface area contributed by atoms with Crippen molar-refractivity contribution in [3.8, 4) is 0 Å². The molecule has 1 aromatic carbocycles. The zero-order valence-corrected chi connectivity index (χ0v) is 16.3. The standard InChI is InChI=1S/C19H20N4O4S/c1-3-8-22-18(26)17-15(7-9-28-17)23(19(22)27)11-16(25)21-14-6-4-5-13(10-14)20-12(2)24/h4-7,9-10H,3,8,11H2,1-2H3,(H,20,24)(H,21,25). The predicted octanol–water partition coefficient (Wildman–Crippen LogP) is 2.23. The molecule has 146 valence electrons. The van der Waals surface area contributed by atoms with Gasteiger partial charge in [0.1, 0.15) is 11.2 Å². The van der Waals surface area contributed by atoms with Gasteiger partial charge in [0, 0.05) is 24.8 Å². The fourth-order valence-corrected chi connectivity index (χ4v) is 3.77. The molecule has 8 nitrogen and oxygen atoms in total. The van der Waals surface area contributed by atoms with Crippen LogP contribution >= 0.6 is 11.3 Å². The van der Waals surface area contributed by atoms with Crippen LogP contribution in [0.2, 0.25) is 0 Å². The largest absolute Gasteiger partial charge is 0.332 e.